The molecule has 0 aliphatic heterocycles. The number of fused-ring (bicyclic) bond motifs is 1. The van der Waals surface area contributed by atoms with Crippen molar-refractivity contribution < 1.29 is 9.90 Å². The van der Waals surface area contributed by atoms with Crippen molar-refractivity contribution in [2.24, 2.45) is 0 Å². The van der Waals surface area contributed by atoms with Gasteiger partial charge in [-0.1, -0.05) is 37.3 Å². The normalized spacial score (nSPS) is 14.1. The summed E-state index contributed by atoms with van der Waals surface area (Å²) < 4.78 is 0. The summed E-state index contributed by atoms with van der Waals surface area (Å²) in [6, 6.07) is 14.4. The number of rotatable bonds is 6. The molecule has 3 nitrogen and oxygen atoms in total. The zero-order chi connectivity index (χ0) is 14.6. The van der Waals surface area contributed by atoms with Crippen LogP contribution in [0.2, 0.25) is 0 Å². The van der Waals surface area contributed by atoms with Crippen LogP contribution in [0.3, 0.4) is 0 Å². The van der Waals surface area contributed by atoms with Crippen LogP contribution in [0, 0.1) is 0 Å². The maximum Gasteiger partial charge on any atom is 0.324 e. The highest BCUT2D eigenvalue weighted by Crippen LogP contribution is 2.26. The zero-order valence-corrected chi connectivity index (χ0v) is 12.5. The Labute approximate surface area is 123 Å². The Morgan fingerprint density at radius 2 is 1.95 bits per heavy atom. The van der Waals surface area contributed by atoms with Crippen molar-refractivity contribution in [1.29, 1.82) is 0 Å². The van der Waals surface area contributed by atoms with Gasteiger partial charge in [-0.05, 0) is 36.4 Å². The summed E-state index contributed by atoms with van der Waals surface area (Å²) in [6.07, 6.45) is 0. The Kier molecular flexibility index (Phi) is 4.68. The molecule has 0 spiro atoms. The molecule has 0 aliphatic rings. The van der Waals surface area contributed by atoms with Crippen LogP contribution in [0.5, 0.6) is 0 Å². The Morgan fingerprint density at radius 1 is 1.25 bits per heavy atom. The monoisotopic (exact) mass is 289 g/mol. The molecule has 2 aromatic rings. The molecule has 106 valence electrons. The van der Waals surface area contributed by atoms with E-state index in [1.807, 2.05) is 25.1 Å². The second kappa shape index (κ2) is 6.29. The number of carbonyl (C=O) groups is 1. The van der Waals surface area contributed by atoms with E-state index in [9.17, 15) is 9.90 Å². The maximum absolute atomic E-state index is 11.4. The highest BCUT2D eigenvalue weighted by atomic mass is 32.2. The summed E-state index contributed by atoms with van der Waals surface area (Å²) in [5.41, 5.74) is -0.898. The van der Waals surface area contributed by atoms with E-state index in [0.717, 1.165) is 4.90 Å². The molecule has 0 aliphatic carbocycles. The van der Waals surface area contributed by atoms with Crippen molar-refractivity contribution in [1.82, 2.24) is 5.32 Å². The van der Waals surface area contributed by atoms with Crippen LogP contribution >= 0.6 is 11.8 Å². The van der Waals surface area contributed by atoms with E-state index >= 15 is 0 Å². The average Bonchev–Trinajstić information content (AvgIpc) is 2.45. The fourth-order valence-corrected chi connectivity index (χ4v) is 3.12. The molecule has 0 bridgehead atoms. The van der Waals surface area contributed by atoms with Crippen molar-refractivity contribution in [2.75, 3.05) is 12.3 Å². The van der Waals surface area contributed by atoms with Crippen molar-refractivity contribution in [3.8, 4) is 0 Å². The molecular formula is C16H19NO2S. The summed E-state index contributed by atoms with van der Waals surface area (Å²) >= 11 is 1.57. The molecule has 2 aromatic carbocycles. The van der Waals surface area contributed by atoms with Gasteiger partial charge in [0.05, 0.1) is 0 Å². The fourth-order valence-electron chi connectivity index (χ4n) is 2.06. The lowest BCUT2D eigenvalue weighted by atomic mass is 10.1. The Morgan fingerprint density at radius 3 is 2.60 bits per heavy atom. The maximum atomic E-state index is 11.4. The molecule has 2 rings (SSSR count). The lowest BCUT2D eigenvalue weighted by Crippen LogP contribution is -2.51. The van der Waals surface area contributed by atoms with E-state index in [-0.39, 0.29) is 0 Å². The van der Waals surface area contributed by atoms with Crippen LogP contribution in [0.4, 0.5) is 0 Å². The Balaban J connectivity index is 2.13. The number of carboxylic acid groups (broad SMARTS) is 1. The molecule has 0 amide bonds. The molecule has 0 saturated heterocycles. The van der Waals surface area contributed by atoms with E-state index in [0.29, 0.717) is 12.3 Å². The fraction of sp³-hybridized carbons (Fsp3) is 0.312. The van der Waals surface area contributed by atoms with Gasteiger partial charge in [0.1, 0.15) is 5.54 Å². The first-order chi connectivity index (χ1) is 9.55. The van der Waals surface area contributed by atoms with E-state index < -0.39 is 11.5 Å². The van der Waals surface area contributed by atoms with Crippen LogP contribution in [0.1, 0.15) is 13.8 Å². The largest absolute Gasteiger partial charge is 0.480 e. The lowest BCUT2D eigenvalue weighted by molar-refractivity contribution is -0.143. The van der Waals surface area contributed by atoms with Crippen LogP contribution < -0.4 is 5.32 Å². The number of nitrogens with one attached hydrogen (secondary N) is 1. The predicted octanol–water partition coefficient (Wildman–Crippen LogP) is 3.38. The van der Waals surface area contributed by atoms with Crippen molar-refractivity contribution in [2.45, 2.75) is 24.3 Å². The summed E-state index contributed by atoms with van der Waals surface area (Å²) in [7, 11) is 0. The molecule has 0 saturated carbocycles. The van der Waals surface area contributed by atoms with E-state index in [1.165, 1.54) is 10.8 Å². The summed E-state index contributed by atoms with van der Waals surface area (Å²) in [5, 5.41) is 14.8. The first kappa shape index (κ1) is 14.9. The van der Waals surface area contributed by atoms with Crippen molar-refractivity contribution in [3.63, 3.8) is 0 Å². The molecule has 0 radical (unpaired) electrons. The quantitative estimate of drug-likeness (QED) is 0.800. The summed E-state index contributed by atoms with van der Waals surface area (Å²) in [6.45, 7) is 4.29. The van der Waals surface area contributed by atoms with Gasteiger partial charge >= 0.3 is 5.97 Å². The van der Waals surface area contributed by atoms with Crippen LogP contribution in [-0.2, 0) is 4.79 Å². The van der Waals surface area contributed by atoms with Gasteiger partial charge in [0.25, 0.3) is 0 Å². The lowest BCUT2D eigenvalue weighted by Gasteiger charge is -2.25. The molecule has 0 fully saturated rings. The number of thioether (sulfide) groups is 1. The minimum atomic E-state index is -0.898. The number of hydrogen-bond acceptors (Lipinski definition) is 3. The van der Waals surface area contributed by atoms with Crippen molar-refractivity contribution in [3.05, 3.63) is 42.5 Å². The van der Waals surface area contributed by atoms with Crippen LogP contribution in [-0.4, -0.2) is 28.9 Å². The highest BCUT2D eigenvalue weighted by Gasteiger charge is 2.31. The van der Waals surface area contributed by atoms with Crippen molar-refractivity contribution >= 4 is 28.5 Å². The first-order valence-electron chi connectivity index (χ1n) is 6.65. The Hall–Kier alpha value is -1.52. The molecule has 2 N–H and O–H groups in total. The number of benzene rings is 2. The molecule has 0 aromatic heterocycles. The minimum Gasteiger partial charge on any atom is -0.480 e. The Bertz CT molecular complexity index is 614. The highest BCUT2D eigenvalue weighted by molar-refractivity contribution is 7.99. The molecule has 0 heterocycles. The van der Waals surface area contributed by atoms with Gasteiger partial charge in [-0.2, -0.15) is 0 Å². The average molecular weight is 289 g/mol. The smallest absolute Gasteiger partial charge is 0.324 e. The van der Waals surface area contributed by atoms with Gasteiger partial charge in [-0.3, -0.25) is 4.79 Å². The zero-order valence-electron chi connectivity index (χ0n) is 11.7. The second-order valence-electron chi connectivity index (χ2n) is 4.97. The molecule has 4 heteroatoms. The van der Waals surface area contributed by atoms with Gasteiger partial charge in [0, 0.05) is 10.6 Å². The minimum absolute atomic E-state index is 0.495. The van der Waals surface area contributed by atoms with Gasteiger partial charge in [-0.25, -0.2) is 0 Å². The van der Waals surface area contributed by atoms with Crippen LogP contribution in [0.15, 0.2) is 47.4 Å². The van der Waals surface area contributed by atoms with Gasteiger partial charge in [0.2, 0.25) is 0 Å². The third-order valence-electron chi connectivity index (χ3n) is 3.29. The number of likely N-dealkylation sites (N-methyl/N-ethyl adjacent to an activating group) is 1. The second-order valence-corrected chi connectivity index (χ2v) is 6.01. The summed E-state index contributed by atoms with van der Waals surface area (Å²) in [5.74, 6) is -0.318. The predicted molar refractivity (Wildman–Crippen MR) is 84.4 cm³/mol. The first-order valence-corrected chi connectivity index (χ1v) is 7.64. The van der Waals surface area contributed by atoms with Crippen LogP contribution in [0.25, 0.3) is 10.8 Å². The van der Waals surface area contributed by atoms with E-state index in [1.54, 1.807) is 18.7 Å². The van der Waals surface area contributed by atoms with Gasteiger partial charge in [-0.15, -0.1) is 11.8 Å². The van der Waals surface area contributed by atoms with E-state index in [2.05, 4.69) is 29.6 Å². The number of aliphatic carboxylic acids is 1. The number of carboxylic acids is 1. The topological polar surface area (TPSA) is 49.3 Å². The SMILES string of the molecule is CCNC(C)(CSc1ccc2ccccc2c1)C(=O)O. The third-order valence-corrected chi connectivity index (χ3v) is 4.60. The summed E-state index contributed by atoms with van der Waals surface area (Å²) in [4.78, 5) is 12.5. The van der Waals surface area contributed by atoms with Gasteiger partial charge in [0.15, 0.2) is 0 Å². The molecule has 1 atom stereocenters. The number of hydrogen-bond donors (Lipinski definition) is 2. The molecule has 1 unspecified atom stereocenters. The molecular weight excluding hydrogens is 270 g/mol. The van der Waals surface area contributed by atoms with Gasteiger partial charge < -0.3 is 10.4 Å². The molecule has 20 heavy (non-hydrogen) atoms. The standard InChI is InChI=1S/C16H19NO2S/c1-3-17-16(2,15(18)19)11-20-14-9-8-12-6-4-5-7-13(12)10-14/h4-10,17H,3,11H2,1-2H3,(H,18,19). The third kappa shape index (κ3) is 3.32. The van der Waals surface area contributed by atoms with E-state index in [4.69, 9.17) is 0 Å².